The lowest BCUT2D eigenvalue weighted by molar-refractivity contribution is 0.337. The molecule has 0 aromatic carbocycles. The van der Waals surface area contributed by atoms with Gasteiger partial charge in [-0.15, -0.1) is 0 Å². The van der Waals surface area contributed by atoms with E-state index in [-0.39, 0.29) is 0 Å². The monoisotopic (exact) mass is 226 g/mol. The van der Waals surface area contributed by atoms with Crippen molar-refractivity contribution in [3.63, 3.8) is 0 Å². The summed E-state index contributed by atoms with van der Waals surface area (Å²) in [7, 11) is 0. The lowest BCUT2D eigenvalue weighted by atomic mass is 9.89. The van der Waals surface area contributed by atoms with E-state index in [9.17, 15) is 0 Å². The second kappa shape index (κ2) is 8.08. The van der Waals surface area contributed by atoms with Crippen LogP contribution in [0.1, 0.15) is 58.8 Å². The maximum absolute atomic E-state index is 5.50. The second-order valence-corrected chi connectivity index (χ2v) is 5.66. The van der Waals surface area contributed by atoms with Crippen molar-refractivity contribution in [2.45, 2.75) is 64.8 Å². The van der Waals surface area contributed by atoms with Gasteiger partial charge in [-0.1, -0.05) is 26.7 Å². The first-order valence-corrected chi connectivity index (χ1v) is 7.17. The predicted molar refractivity (Wildman–Crippen MR) is 71.5 cm³/mol. The molecule has 1 rings (SSSR count). The van der Waals surface area contributed by atoms with Crippen molar-refractivity contribution in [1.29, 1.82) is 0 Å². The van der Waals surface area contributed by atoms with E-state index in [1.54, 1.807) is 0 Å². The number of nitrogens with one attached hydrogen (secondary N) is 1. The highest BCUT2D eigenvalue weighted by molar-refractivity contribution is 4.76. The average molecular weight is 226 g/mol. The first kappa shape index (κ1) is 14.0. The minimum absolute atomic E-state index is 0.779. The molecule has 0 aliphatic heterocycles. The fourth-order valence-electron chi connectivity index (χ4n) is 2.78. The molecule has 2 unspecified atom stereocenters. The van der Waals surface area contributed by atoms with Crippen LogP contribution in [0.4, 0.5) is 0 Å². The second-order valence-electron chi connectivity index (χ2n) is 5.66. The Bertz CT molecular complexity index is 168. The molecule has 2 atom stereocenters. The van der Waals surface area contributed by atoms with Crippen LogP contribution < -0.4 is 11.1 Å². The van der Waals surface area contributed by atoms with E-state index in [4.69, 9.17) is 5.73 Å². The smallest absolute Gasteiger partial charge is 0.00671 e. The standard InChI is InChI=1S/C14H30N2/c1-12(2)13-6-5-7-14(9-8-13)16-11-4-3-10-15/h12-14,16H,3-11,15H2,1-2H3. The average Bonchev–Trinajstić information content (AvgIpc) is 2.50. The molecule has 1 aliphatic rings. The van der Waals surface area contributed by atoms with Crippen molar-refractivity contribution in [1.82, 2.24) is 5.32 Å². The van der Waals surface area contributed by atoms with Gasteiger partial charge >= 0.3 is 0 Å². The summed E-state index contributed by atoms with van der Waals surface area (Å²) >= 11 is 0. The lowest BCUT2D eigenvalue weighted by Crippen LogP contribution is -2.29. The first-order chi connectivity index (χ1) is 7.74. The fourth-order valence-corrected chi connectivity index (χ4v) is 2.78. The van der Waals surface area contributed by atoms with Crippen LogP contribution in [0.15, 0.2) is 0 Å². The SMILES string of the molecule is CC(C)C1CCCC(NCCCCN)CC1. The molecular formula is C14H30N2. The molecule has 1 aliphatic carbocycles. The van der Waals surface area contributed by atoms with Crippen LogP contribution in [0.25, 0.3) is 0 Å². The van der Waals surface area contributed by atoms with E-state index in [1.807, 2.05) is 0 Å². The Morgan fingerprint density at radius 3 is 2.62 bits per heavy atom. The molecule has 0 amide bonds. The van der Waals surface area contributed by atoms with Crippen molar-refractivity contribution < 1.29 is 0 Å². The van der Waals surface area contributed by atoms with Gasteiger partial charge in [0.15, 0.2) is 0 Å². The van der Waals surface area contributed by atoms with Gasteiger partial charge in [0.25, 0.3) is 0 Å². The van der Waals surface area contributed by atoms with E-state index in [2.05, 4.69) is 19.2 Å². The summed E-state index contributed by atoms with van der Waals surface area (Å²) in [5.41, 5.74) is 5.50. The van der Waals surface area contributed by atoms with Crippen molar-refractivity contribution in [2.75, 3.05) is 13.1 Å². The van der Waals surface area contributed by atoms with Gasteiger partial charge in [0.1, 0.15) is 0 Å². The Labute approximate surface area is 101 Å². The normalized spacial score (nSPS) is 27.0. The molecule has 1 fully saturated rings. The van der Waals surface area contributed by atoms with Gasteiger partial charge in [-0.2, -0.15) is 0 Å². The zero-order chi connectivity index (χ0) is 11.8. The van der Waals surface area contributed by atoms with Crippen molar-refractivity contribution in [3.05, 3.63) is 0 Å². The molecule has 1 saturated carbocycles. The Kier molecular flexibility index (Phi) is 7.06. The van der Waals surface area contributed by atoms with Gasteiger partial charge in [-0.25, -0.2) is 0 Å². The molecule has 0 aromatic rings. The summed E-state index contributed by atoms with van der Waals surface area (Å²) in [5, 5.41) is 3.70. The van der Waals surface area contributed by atoms with Gasteiger partial charge in [0.05, 0.1) is 0 Å². The maximum Gasteiger partial charge on any atom is 0.00671 e. The summed E-state index contributed by atoms with van der Waals surface area (Å²) in [4.78, 5) is 0. The minimum Gasteiger partial charge on any atom is -0.330 e. The van der Waals surface area contributed by atoms with E-state index >= 15 is 0 Å². The van der Waals surface area contributed by atoms with Gasteiger partial charge in [0.2, 0.25) is 0 Å². The van der Waals surface area contributed by atoms with Crippen LogP contribution in [0, 0.1) is 11.8 Å². The Morgan fingerprint density at radius 1 is 1.12 bits per heavy atom. The number of hydrogen-bond donors (Lipinski definition) is 2. The zero-order valence-corrected chi connectivity index (χ0v) is 11.2. The number of rotatable bonds is 6. The number of hydrogen-bond acceptors (Lipinski definition) is 2. The minimum atomic E-state index is 0.779. The Morgan fingerprint density at radius 2 is 1.94 bits per heavy atom. The Balaban J connectivity index is 2.15. The molecule has 3 N–H and O–H groups in total. The van der Waals surface area contributed by atoms with Gasteiger partial charge < -0.3 is 11.1 Å². The van der Waals surface area contributed by atoms with E-state index in [0.717, 1.165) is 37.4 Å². The molecule has 0 bridgehead atoms. The summed E-state index contributed by atoms with van der Waals surface area (Å²) < 4.78 is 0. The number of unbranched alkanes of at least 4 members (excludes halogenated alkanes) is 1. The Hall–Kier alpha value is -0.0800. The van der Waals surface area contributed by atoms with Gasteiger partial charge in [-0.05, 0) is 57.0 Å². The molecule has 0 saturated heterocycles. The van der Waals surface area contributed by atoms with Crippen LogP contribution in [0.2, 0.25) is 0 Å². The fraction of sp³-hybridized carbons (Fsp3) is 1.00. The summed E-state index contributed by atoms with van der Waals surface area (Å²) in [6.45, 7) is 6.75. The highest BCUT2D eigenvalue weighted by Gasteiger charge is 2.20. The first-order valence-electron chi connectivity index (χ1n) is 7.17. The van der Waals surface area contributed by atoms with Crippen LogP contribution in [-0.4, -0.2) is 19.1 Å². The van der Waals surface area contributed by atoms with E-state index in [0.29, 0.717) is 0 Å². The molecule has 2 heteroatoms. The zero-order valence-electron chi connectivity index (χ0n) is 11.2. The van der Waals surface area contributed by atoms with E-state index in [1.165, 1.54) is 38.5 Å². The molecule has 16 heavy (non-hydrogen) atoms. The van der Waals surface area contributed by atoms with Crippen molar-refractivity contribution >= 4 is 0 Å². The molecule has 0 heterocycles. The largest absolute Gasteiger partial charge is 0.330 e. The van der Waals surface area contributed by atoms with Crippen molar-refractivity contribution in [3.8, 4) is 0 Å². The molecular weight excluding hydrogens is 196 g/mol. The topological polar surface area (TPSA) is 38.0 Å². The summed E-state index contributed by atoms with van der Waals surface area (Å²) in [5.74, 6) is 1.84. The predicted octanol–water partition coefficient (Wildman–Crippen LogP) is 2.92. The third-order valence-electron chi connectivity index (χ3n) is 4.02. The number of nitrogens with two attached hydrogens (primary N) is 1. The maximum atomic E-state index is 5.50. The molecule has 2 nitrogen and oxygen atoms in total. The molecule has 0 spiro atoms. The molecule has 96 valence electrons. The van der Waals surface area contributed by atoms with Gasteiger partial charge in [0, 0.05) is 6.04 Å². The highest BCUT2D eigenvalue weighted by Crippen LogP contribution is 2.28. The summed E-state index contributed by atoms with van der Waals surface area (Å²) in [6.07, 6.45) is 9.44. The molecule has 0 aromatic heterocycles. The van der Waals surface area contributed by atoms with Crippen LogP contribution >= 0.6 is 0 Å². The quantitative estimate of drug-likeness (QED) is 0.540. The van der Waals surface area contributed by atoms with Crippen LogP contribution in [0.3, 0.4) is 0 Å². The third kappa shape index (κ3) is 5.31. The van der Waals surface area contributed by atoms with Crippen LogP contribution in [0.5, 0.6) is 0 Å². The lowest BCUT2D eigenvalue weighted by Gasteiger charge is -2.19. The molecule has 0 radical (unpaired) electrons. The van der Waals surface area contributed by atoms with Crippen LogP contribution in [-0.2, 0) is 0 Å². The van der Waals surface area contributed by atoms with Crippen molar-refractivity contribution in [2.24, 2.45) is 17.6 Å². The third-order valence-corrected chi connectivity index (χ3v) is 4.02. The van der Waals surface area contributed by atoms with E-state index < -0.39 is 0 Å². The summed E-state index contributed by atoms with van der Waals surface area (Å²) in [6, 6.07) is 0.779. The van der Waals surface area contributed by atoms with Gasteiger partial charge in [-0.3, -0.25) is 0 Å². The highest BCUT2D eigenvalue weighted by atomic mass is 14.9.